The number of nitrogens with zero attached hydrogens (tertiary/aromatic N) is 4. The second-order valence-corrected chi connectivity index (χ2v) is 10.4. The zero-order chi connectivity index (χ0) is 32.1. The van der Waals surface area contributed by atoms with E-state index in [0.717, 1.165) is 72.7 Å². The van der Waals surface area contributed by atoms with Crippen molar-refractivity contribution in [2.45, 2.75) is 47.0 Å². The van der Waals surface area contributed by atoms with E-state index in [2.05, 4.69) is 13.2 Å². The van der Waals surface area contributed by atoms with E-state index >= 15 is 0 Å². The molecule has 0 unspecified atom stereocenters. The number of hydrogen-bond donors (Lipinski definition) is 1. The Morgan fingerprint density at radius 2 is 1.43 bits per heavy atom. The van der Waals surface area contributed by atoms with Gasteiger partial charge in [-0.15, -0.1) is 22.1 Å². The zero-order valence-corrected chi connectivity index (χ0v) is 26.1. The van der Waals surface area contributed by atoms with Crippen LogP contribution in [0.25, 0.3) is 50.4 Å². The van der Waals surface area contributed by atoms with Gasteiger partial charge in [0.25, 0.3) is 6.47 Å². The van der Waals surface area contributed by atoms with E-state index in [1.165, 1.54) is 0 Å². The molecule has 9 nitrogen and oxygen atoms in total. The minimum atomic E-state index is -0.880. The first-order valence-corrected chi connectivity index (χ1v) is 14.3. The van der Waals surface area contributed by atoms with E-state index in [1.54, 1.807) is 6.08 Å². The number of ether oxygens (including phenoxy) is 1. The maximum absolute atomic E-state index is 11.5. The molecule has 0 amide bonds. The number of aromatic nitrogens is 4. The number of aryl methyl sites for hydroxylation is 3. The summed E-state index contributed by atoms with van der Waals surface area (Å²) in [7, 11) is 0. The fourth-order valence-corrected chi connectivity index (χ4v) is 5.59. The van der Waals surface area contributed by atoms with Crippen LogP contribution in [0.1, 0.15) is 71.7 Å². The predicted molar refractivity (Wildman–Crippen MR) is 167 cm³/mol. The van der Waals surface area contributed by atoms with Crippen molar-refractivity contribution in [2.75, 3.05) is 6.61 Å². The van der Waals surface area contributed by atoms with Gasteiger partial charge >= 0.3 is 25.7 Å². The van der Waals surface area contributed by atoms with E-state index in [9.17, 15) is 14.7 Å². The molecule has 5 rings (SSSR count). The van der Waals surface area contributed by atoms with Gasteiger partial charge < -0.3 is 19.8 Å². The number of carbonyl (C=O) groups is 2. The molecule has 0 radical (unpaired) electrons. The topological polar surface area (TPSA) is 135 Å². The molecule has 10 heteroatoms. The molecular weight excluding hydrogens is 600 g/mol. The molecule has 2 aliphatic heterocycles. The Hall–Kier alpha value is -4.66. The molecule has 0 spiro atoms. The Morgan fingerprint density at radius 3 is 2.09 bits per heavy atom. The van der Waals surface area contributed by atoms with E-state index in [1.807, 2.05) is 74.0 Å². The average molecular weight is 632 g/mol. The van der Waals surface area contributed by atoms with Gasteiger partial charge in [-0.05, 0) is 56.4 Å². The van der Waals surface area contributed by atoms with Crippen LogP contribution >= 0.6 is 0 Å². The number of carboxylic acids is 1. The maximum atomic E-state index is 11.5. The first kappa shape index (κ1) is 32.3. The number of carbonyl (C=O) groups excluding carboxylic acids is 1. The number of aliphatic carboxylic acids is 1. The summed E-state index contributed by atoms with van der Waals surface area (Å²) in [5, 5.41) is 9.45. The summed E-state index contributed by atoms with van der Waals surface area (Å²) in [6.07, 6.45) is 4.36. The van der Waals surface area contributed by atoms with Crippen LogP contribution in [-0.4, -0.2) is 34.1 Å². The van der Waals surface area contributed by atoms with Crippen LogP contribution < -0.4 is 9.97 Å². The average Bonchev–Trinajstić information content (AvgIpc) is 3.66. The summed E-state index contributed by atoms with van der Waals surface area (Å²) >= 11 is 2.00. The molecule has 228 valence electrons. The van der Waals surface area contributed by atoms with Crippen molar-refractivity contribution in [3.05, 3.63) is 88.5 Å². The Kier molecular flexibility index (Phi) is 10.1. The molecule has 8 bridgehead atoms. The van der Waals surface area contributed by atoms with E-state index in [4.69, 9.17) is 28.5 Å². The van der Waals surface area contributed by atoms with Crippen LogP contribution in [0.4, 0.5) is 0 Å². The fourth-order valence-electron chi connectivity index (χ4n) is 5.59. The van der Waals surface area contributed by atoms with Crippen molar-refractivity contribution in [3.63, 3.8) is 0 Å². The summed E-state index contributed by atoms with van der Waals surface area (Å²) < 4.78 is 13.0. The van der Waals surface area contributed by atoms with E-state index < -0.39 is 5.97 Å². The summed E-state index contributed by atoms with van der Waals surface area (Å²) in [6, 6.07) is 7.75. The Bertz CT molecular complexity index is 1910. The molecule has 0 atom stereocenters. The number of rotatable bonds is 9. The third-order valence-corrected chi connectivity index (χ3v) is 8.01. The van der Waals surface area contributed by atoms with Gasteiger partial charge in [-0.25, -0.2) is 9.97 Å². The minimum absolute atomic E-state index is 0.0280. The second kappa shape index (κ2) is 13.8. The van der Waals surface area contributed by atoms with Gasteiger partial charge in [0.1, 0.15) is 0 Å². The Labute approximate surface area is 263 Å². The fraction of sp³-hybridized carbons (Fsp3) is 0.235. The number of hydrogen-bond acceptors (Lipinski definition) is 6. The Morgan fingerprint density at radius 1 is 0.841 bits per heavy atom. The van der Waals surface area contributed by atoms with Crippen molar-refractivity contribution in [1.82, 2.24) is 19.9 Å². The van der Waals surface area contributed by atoms with E-state index in [-0.39, 0.29) is 13.0 Å². The SMILES string of the molecule is C=CC1=C(C)c2cc3[n-]c(cc4nc(cc5[n-]c(cc1n2)c(C)c5CCC(=O)O)C(CCOC=O)=C4C)c(C)c3C=C.[O]=[Fe]. The van der Waals surface area contributed by atoms with Crippen LogP contribution in [0, 0.1) is 13.8 Å². The number of allylic oxidation sites excluding steroid dienone is 4. The molecule has 1 N–H and O–H groups in total. The molecule has 0 aromatic carbocycles. The van der Waals surface area contributed by atoms with Crippen molar-refractivity contribution in [2.24, 2.45) is 0 Å². The van der Waals surface area contributed by atoms with E-state index in [0.29, 0.717) is 36.0 Å². The van der Waals surface area contributed by atoms with Crippen LogP contribution in [-0.2, 0) is 40.5 Å². The van der Waals surface area contributed by atoms with Crippen molar-refractivity contribution in [3.8, 4) is 0 Å². The van der Waals surface area contributed by atoms with Crippen molar-refractivity contribution in [1.29, 1.82) is 0 Å². The van der Waals surface area contributed by atoms with Crippen molar-refractivity contribution >= 4 is 62.9 Å². The quantitative estimate of drug-likeness (QED) is 0.163. The second-order valence-electron chi connectivity index (χ2n) is 10.4. The van der Waals surface area contributed by atoms with Crippen LogP contribution in [0.2, 0.25) is 0 Å². The summed E-state index contributed by atoms with van der Waals surface area (Å²) in [6.45, 7) is 16.7. The normalized spacial score (nSPS) is 12.5. The van der Waals surface area contributed by atoms with Crippen molar-refractivity contribution < 1.29 is 39.2 Å². The van der Waals surface area contributed by atoms with Crippen LogP contribution in [0.15, 0.2) is 43.5 Å². The molecule has 44 heavy (non-hydrogen) atoms. The molecular formula is C34H32FeN4O5-2. The van der Waals surface area contributed by atoms with Gasteiger partial charge in [-0.1, -0.05) is 66.3 Å². The molecule has 0 saturated heterocycles. The standard InChI is InChI=1S/C34H33N4O4.Fe.O/c1-7-22-18(3)26-13-27-21(6)25(11-12-42-17-39)33(37-27)16-32-24(9-10-34(40)41)20(5)29(38-32)15-31-23(8-2)19(4)28(36-31)14-30(22)35-26;;/h7-8,13-17H,1-2,9-12H2,3-6H3,(H2-,35,36,37,38,40,41);;/q-1;;/p-1. The molecule has 5 heterocycles. The van der Waals surface area contributed by atoms with Crippen LogP contribution in [0.3, 0.4) is 0 Å². The van der Waals surface area contributed by atoms with Gasteiger partial charge in [-0.2, -0.15) is 0 Å². The summed E-state index contributed by atoms with van der Waals surface area (Å²) in [4.78, 5) is 42.2. The van der Waals surface area contributed by atoms with Gasteiger partial charge in [-0.3, -0.25) is 9.59 Å². The van der Waals surface area contributed by atoms with Gasteiger partial charge in [0.05, 0.1) is 29.4 Å². The van der Waals surface area contributed by atoms with Gasteiger partial charge in [0.15, 0.2) is 0 Å². The van der Waals surface area contributed by atoms with Gasteiger partial charge in [0.2, 0.25) is 0 Å². The molecule has 0 saturated carbocycles. The molecule has 3 aromatic rings. The summed E-state index contributed by atoms with van der Waals surface area (Å²) in [5.41, 5.74) is 13.2. The third kappa shape index (κ3) is 6.18. The molecule has 0 fully saturated rings. The zero-order valence-electron chi connectivity index (χ0n) is 25.0. The number of fused-ring (bicyclic) bond motifs is 8. The monoisotopic (exact) mass is 632 g/mol. The predicted octanol–water partition coefficient (Wildman–Crippen LogP) is 6.34. The molecule has 2 aliphatic rings. The third-order valence-electron chi connectivity index (χ3n) is 8.01. The first-order chi connectivity index (χ1) is 21.2. The van der Waals surface area contributed by atoms with Crippen LogP contribution in [0.5, 0.6) is 0 Å². The first-order valence-electron chi connectivity index (χ1n) is 13.9. The molecule has 3 aromatic heterocycles. The van der Waals surface area contributed by atoms with Gasteiger partial charge in [0, 0.05) is 18.4 Å². The Balaban J connectivity index is 0.00000216. The molecule has 0 aliphatic carbocycles. The summed E-state index contributed by atoms with van der Waals surface area (Å²) in [5.74, 6) is -0.880. The number of carboxylic acid groups (broad SMARTS) is 1.